The van der Waals surface area contributed by atoms with Crippen molar-refractivity contribution in [2.75, 3.05) is 11.5 Å². The summed E-state index contributed by atoms with van der Waals surface area (Å²) in [5.41, 5.74) is -1.44. The molecule has 0 aromatic heterocycles. The van der Waals surface area contributed by atoms with Crippen molar-refractivity contribution in [2.24, 2.45) is 0 Å². The quantitative estimate of drug-likeness (QED) is 0.759. The Morgan fingerprint density at radius 1 is 1.35 bits per heavy atom. The zero-order valence-corrected chi connectivity index (χ0v) is 10.3. The molecule has 17 heavy (non-hydrogen) atoms. The third kappa shape index (κ3) is 2.24. The lowest BCUT2D eigenvalue weighted by Gasteiger charge is -2.20. The fraction of sp³-hybridized carbons (Fsp3) is 0.417. The molecule has 0 bridgehead atoms. The number of carbonyl (C=O) groups is 1. The van der Waals surface area contributed by atoms with Gasteiger partial charge in [-0.05, 0) is 6.92 Å². The molecule has 0 spiro atoms. The number of hydrogen-bond donors (Lipinski definition) is 0. The van der Waals surface area contributed by atoms with Crippen LogP contribution in [0.15, 0.2) is 24.3 Å². The Balaban J connectivity index is 2.51. The van der Waals surface area contributed by atoms with Gasteiger partial charge < -0.3 is 0 Å². The number of alkyl halides is 1. The van der Waals surface area contributed by atoms with E-state index in [9.17, 15) is 17.6 Å². The van der Waals surface area contributed by atoms with Crippen LogP contribution in [0.2, 0.25) is 0 Å². The normalized spacial score (nSPS) is 26.9. The van der Waals surface area contributed by atoms with Gasteiger partial charge in [0.05, 0.1) is 11.5 Å². The van der Waals surface area contributed by atoms with Crippen LogP contribution in [0.1, 0.15) is 29.3 Å². The Morgan fingerprint density at radius 2 is 2.00 bits per heavy atom. The van der Waals surface area contributed by atoms with E-state index in [2.05, 4.69) is 0 Å². The van der Waals surface area contributed by atoms with Crippen LogP contribution in [0.4, 0.5) is 4.39 Å². The third-order valence-corrected chi connectivity index (χ3v) is 4.77. The Morgan fingerprint density at radius 3 is 2.53 bits per heavy atom. The highest BCUT2D eigenvalue weighted by Gasteiger charge is 2.45. The summed E-state index contributed by atoms with van der Waals surface area (Å²) < 4.78 is 37.4. The zero-order chi connectivity index (χ0) is 12.7. The average molecular weight is 256 g/mol. The lowest BCUT2D eigenvalue weighted by molar-refractivity contribution is 0.100. The molecule has 3 nitrogen and oxygen atoms in total. The summed E-state index contributed by atoms with van der Waals surface area (Å²) in [7, 11) is -3.33. The second-order valence-corrected chi connectivity index (χ2v) is 6.59. The predicted octanol–water partition coefficient (Wildman–Crippen LogP) is 1.87. The molecule has 1 heterocycles. The molecule has 1 aliphatic rings. The fourth-order valence-electron chi connectivity index (χ4n) is 2.20. The second-order valence-electron chi connectivity index (χ2n) is 4.41. The first-order valence-corrected chi connectivity index (χ1v) is 7.16. The van der Waals surface area contributed by atoms with Crippen molar-refractivity contribution < 1.29 is 17.6 Å². The van der Waals surface area contributed by atoms with Gasteiger partial charge >= 0.3 is 0 Å². The molecule has 0 saturated carbocycles. The van der Waals surface area contributed by atoms with Gasteiger partial charge in [0, 0.05) is 17.5 Å². The molecule has 5 heteroatoms. The molecule has 2 rings (SSSR count). The van der Waals surface area contributed by atoms with Crippen LogP contribution >= 0.6 is 0 Å². The van der Waals surface area contributed by atoms with Crippen LogP contribution in [0.3, 0.4) is 0 Å². The van der Waals surface area contributed by atoms with E-state index in [4.69, 9.17) is 0 Å². The van der Waals surface area contributed by atoms with Crippen LogP contribution < -0.4 is 0 Å². The van der Waals surface area contributed by atoms with Gasteiger partial charge in [-0.15, -0.1) is 0 Å². The lowest BCUT2D eigenvalue weighted by Crippen LogP contribution is -2.24. The summed E-state index contributed by atoms with van der Waals surface area (Å²) in [4.78, 5) is 11.4. The van der Waals surface area contributed by atoms with E-state index in [1.54, 1.807) is 12.1 Å². The maximum absolute atomic E-state index is 14.6. The van der Waals surface area contributed by atoms with Crippen molar-refractivity contribution in [1.29, 1.82) is 0 Å². The average Bonchev–Trinajstić information content (AvgIpc) is 2.54. The van der Waals surface area contributed by atoms with Gasteiger partial charge in [0.15, 0.2) is 21.3 Å². The Labute approximate surface area is 99.6 Å². The Bertz CT molecular complexity index is 565. The first-order chi connectivity index (χ1) is 7.84. The maximum atomic E-state index is 14.6. The molecule has 1 unspecified atom stereocenters. The summed E-state index contributed by atoms with van der Waals surface area (Å²) in [6, 6.07) is 6.29. The molecule has 1 atom stereocenters. The van der Waals surface area contributed by atoms with Gasteiger partial charge in [0.2, 0.25) is 0 Å². The molecular formula is C12H13FO3S. The van der Waals surface area contributed by atoms with Crippen LogP contribution in [0.5, 0.6) is 0 Å². The second kappa shape index (κ2) is 3.91. The van der Waals surface area contributed by atoms with Crippen molar-refractivity contribution >= 4 is 15.6 Å². The highest BCUT2D eigenvalue weighted by Crippen LogP contribution is 2.39. The lowest BCUT2D eigenvalue weighted by atomic mass is 9.89. The highest BCUT2D eigenvalue weighted by molar-refractivity contribution is 7.91. The number of hydrogen-bond acceptors (Lipinski definition) is 3. The minimum absolute atomic E-state index is 0.0698. The summed E-state index contributed by atoms with van der Waals surface area (Å²) in [6.45, 7) is 1.35. The van der Waals surface area contributed by atoms with Crippen molar-refractivity contribution in [3.63, 3.8) is 0 Å². The monoisotopic (exact) mass is 256 g/mol. The van der Waals surface area contributed by atoms with Crippen LogP contribution in [0, 0.1) is 0 Å². The Hall–Kier alpha value is -1.23. The number of halogens is 1. The molecule has 1 saturated heterocycles. The third-order valence-electron chi connectivity index (χ3n) is 3.05. The van der Waals surface area contributed by atoms with Gasteiger partial charge in [-0.3, -0.25) is 4.79 Å². The van der Waals surface area contributed by atoms with Gasteiger partial charge in [0.25, 0.3) is 0 Å². The van der Waals surface area contributed by atoms with Crippen molar-refractivity contribution in [3.05, 3.63) is 35.4 Å². The predicted molar refractivity (Wildman–Crippen MR) is 62.5 cm³/mol. The summed E-state index contributed by atoms with van der Waals surface area (Å²) in [6.07, 6.45) is -0.0698. The van der Waals surface area contributed by atoms with E-state index in [-0.39, 0.29) is 29.1 Å². The summed E-state index contributed by atoms with van der Waals surface area (Å²) in [5.74, 6) is -0.929. The van der Waals surface area contributed by atoms with Gasteiger partial charge in [-0.2, -0.15) is 0 Å². The van der Waals surface area contributed by atoms with E-state index < -0.39 is 21.3 Å². The highest BCUT2D eigenvalue weighted by atomic mass is 32.2. The van der Waals surface area contributed by atoms with E-state index >= 15 is 0 Å². The number of ketones is 1. The van der Waals surface area contributed by atoms with Crippen molar-refractivity contribution in [1.82, 2.24) is 0 Å². The van der Waals surface area contributed by atoms with Crippen molar-refractivity contribution in [2.45, 2.75) is 19.0 Å². The van der Waals surface area contributed by atoms with Crippen molar-refractivity contribution in [3.8, 4) is 0 Å². The SMILES string of the molecule is CC(=O)c1ccccc1C1(F)CCS(=O)(=O)C1. The maximum Gasteiger partial charge on any atom is 0.160 e. The first kappa shape index (κ1) is 12.2. The molecule has 92 valence electrons. The molecular weight excluding hydrogens is 243 g/mol. The molecule has 0 amide bonds. The number of Topliss-reactive ketones (excluding diaryl/α,β-unsaturated/α-hetero) is 1. The standard InChI is InChI=1S/C12H13FO3S/c1-9(14)10-4-2-3-5-11(10)12(13)6-7-17(15,16)8-12/h2-5H,6-8H2,1H3. The summed E-state index contributed by atoms with van der Waals surface area (Å²) >= 11 is 0. The minimum Gasteiger partial charge on any atom is -0.294 e. The van der Waals surface area contributed by atoms with Crippen LogP contribution in [-0.2, 0) is 15.5 Å². The molecule has 0 N–H and O–H groups in total. The number of carbonyl (C=O) groups excluding carboxylic acids is 1. The fourth-order valence-corrected chi connectivity index (χ4v) is 3.98. The van der Waals surface area contributed by atoms with Crippen LogP contribution in [0.25, 0.3) is 0 Å². The molecule has 0 aliphatic carbocycles. The smallest absolute Gasteiger partial charge is 0.160 e. The van der Waals surface area contributed by atoms with E-state index in [1.165, 1.54) is 19.1 Å². The largest absolute Gasteiger partial charge is 0.294 e. The molecule has 1 fully saturated rings. The molecule has 0 radical (unpaired) electrons. The molecule has 1 aromatic rings. The van der Waals surface area contributed by atoms with E-state index in [0.29, 0.717) is 0 Å². The van der Waals surface area contributed by atoms with E-state index in [1.807, 2.05) is 0 Å². The van der Waals surface area contributed by atoms with Gasteiger partial charge in [-0.25, -0.2) is 12.8 Å². The molecule has 1 aliphatic heterocycles. The first-order valence-electron chi connectivity index (χ1n) is 5.34. The summed E-state index contributed by atoms with van der Waals surface area (Å²) in [5, 5.41) is 0. The minimum atomic E-state index is -3.33. The van der Waals surface area contributed by atoms with Gasteiger partial charge in [0.1, 0.15) is 0 Å². The van der Waals surface area contributed by atoms with Gasteiger partial charge in [-0.1, -0.05) is 24.3 Å². The van der Waals surface area contributed by atoms with Crippen LogP contribution in [-0.4, -0.2) is 25.7 Å². The number of benzene rings is 1. The van der Waals surface area contributed by atoms with E-state index in [0.717, 1.165) is 0 Å². The zero-order valence-electron chi connectivity index (χ0n) is 9.44. The number of sulfone groups is 1. The molecule has 1 aromatic carbocycles. The Kier molecular flexibility index (Phi) is 2.81. The topological polar surface area (TPSA) is 51.2 Å². The number of rotatable bonds is 2.